The third-order valence-corrected chi connectivity index (χ3v) is 2.50. The fourth-order valence-electron chi connectivity index (χ4n) is 1.52. The van der Waals surface area contributed by atoms with Gasteiger partial charge in [-0.25, -0.2) is 10.2 Å². The van der Waals surface area contributed by atoms with Crippen LogP contribution in [0.3, 0.4) is 0 Å². The Morgan fingerprint density at radius 2 is 2.15 bits per heavy atom. The van der Waals surface area contributed by atoms with Crippen molar-refractivity contribution in [2.75, 3.05) is 5.43 Å². The van der Waals surface area contributed by atoms with E-state index < -0.39 is 4.92 Å². The van der Waals surface area contributed by atoms with Crippen LogP contribution in [-0.2, 0) is 0 Å². The second-order valence-electron chi connectivity index (χ2n) is 3.96. The maximum absolute atomic E-state index is 13.1. The lowest BCUT2D eigenvalue weighted by atomic mass is 10.2. The highest BCUT2D eigenvalue weighted by atomic mass is 19.1. The SMILES string of the molecule is Cc1cc(Oc2cc([N+](=O)[O-])cc(NN)n2)ccc1F. The number of nitrogen functional groups attached to an aromatic ring is 1. The Kier molecular flexibility index (Phi) is 3.76. The number of pyridine rings is 1. The summed E-state index contributed by atoms with van der Waals surface area (Å²) in [5.41, 5.74) is 2.39. The van der Waals surface area contributed by atoms with Crippen molar-refractivity contribution in [3.8, 4) is 11.6 Å². The molecule has 2 rings (SSSR count). The Balaban J connectivity index is 2.34. The van der Waals surface area contributed by atoms with Gasteiger partial charge in [-0.05, 0) is 30.7 Å². The first-order valence-electron chi connectivity index (χ1n) is 5.56. The zero-order valence-electron chi connectivity index (χ0n) is 10.5. The van der Waals surface area contributed by atoms with Crippen LogP contribution < -0.4 is 16.0 Å². The molecule has 0 saturated carbocycles. The molecule has 0 aliphatic heterocycles. The lowest BCUT2D eigenvalue weighted by molar-refractivity contribution is -0.384. The number of benzene rings is 1. The molecule has 0 aliphatic carbocycles. The van der Waals surface area contributed by atoms with Gasteiger partial charge in [-0.1, -0.05) is 0 Å². The number of aryl methyl sites for hydroxylation is 1. The number of nitrogens with two attached hydrogens (primary N) is 1. The van der Waals surface area contributed by atoms with Gasteiger partial charge in [0.2, 0.25) is 5.88 Å². The molecule has 0 bridgehead atoms. The van der Waals surface area contributed by atoms with E-state index in [1.54, 1.807) is 6.92 Å². The van der Waals surface area contributed by atoms with E-state index in [1.807, 2.05) is 0 Å². The van der Waals surface area contributed by atoms with Gasteiger partial charge >= 0.3 is 0 Å². The summed E-state index contributed by atoms with van der Waals surface area (Å²) in [5.74, 6) is 5.21. The molecule has 0 unspecified atom stereocenters. The average Bonchev–Trinajstić information content (AvgIpc) is 2.42. The number of nitrogens with one attached hydrogen (secondary N) is 1. The molecule has 0 amide bonds. The van der Waals surface area contributed by atoms with Gasteiger partial charge in [0.15, 0.2) is 5.82 Å². The Hall–Kier alpha value is -2.74. The van der Waals surface area contributed by atoms with Gasteiger partial charge in [-0.3, -0.25) is 10.1 Å². The summed E-state index contributed by atoms with van der Waals surface area (Å²) in [6.07, 6.45) is 0. The van der Waals surface area contributed by atoms with Crippen LogP contribution >= 0.6 is 0 Å². The third-order valence-electron chi connectivity index (χ3n) is 2.50. The molecule has 1 aromatic carbocycles. The third kappa shape index (κ3) is 2.98. The summed E-state index contributed by atoms with van der Waals surface area (Å²) >= 11 is 0. The molecule has 0 fully saturated rings. The number of halogens is 1. The predicted octanol–water partition coefficient (Wildman–Crippen LogP) is 2.52. The van der Waals surface area contributed by atoms with Crippen LogP contribution in [0.2, 0.25) is 0 Å². The molecule has 0 aliphatic rings. The number of ether oxygens (including phenoxy) is 1. The molecule has 104 valence electrons. The number of hydrazine groups is 1. The first-order valence-corrected chi connectivity index (χ1v) is 5.56. The Labute approximate surface area is 113 Å². The standard InChI is InChI=1S/C12H11FN4O3/c1-7-4-9(2-3-10(7)13)20-12-6-8(17(18)19)5-11(15-12)16-14/h2-6H,14H2,1H3,(H,15,16). The van der Waals surface area contributed by atoms with Crippen LogP contribution in [0.15, 0.2) is 30.3 Å². The maximum atomic E-state index is 13.1. The van der Waals surface area contributed by atoms with E-state index in [9.17, 15) is 14.5 Å². The largest absolute Gasteiger partial charge is 0.439 e. The van der Waals surface area contributed by atoms with Crippen molar-refractivity contribution in [2.24, 2.45) is 5.84 Å². The predicted molar refractivity (Wildman–Crippen MR) is 69.9 cm³/mol. The van der Waals surface area contributed by atoms with E-state index in [-0.39, 0.29) is 23.2 Å². The van der Waals surface area contributed by atoms with Crippen LogP contribution in [0, 0.1) is 22.9 Å². The number of aromatic nitrogens is 1. The molecule has 2 aromatic rings. The van der Waals surface area contributed by atoms with E-state index in [1.165, 1.54) is 24.3 Å². The van der Waals surface area contributed by atoms with Crippen molar-refractivity contribution < 1.29 is 14.1 Å². The first kappa shape index (κ1) is 13.7. The van der Waals surface area contributed by atoms with Gasteiger partial charge in [-0.2, -0.15) is 4.98 Å². The fourth-order valence-corrected chi connectivity index (χ4v) is 1.52. The van der Waals surface area contributed by atoms with Crippen LogP contribution in [0.5, 0.6) is 11.6 Å². The second-order valence-corrected chi connectivity index (χ2v) is 3.96. The van der Waals surface area contributed by atoms with Crippen molar-refractivity contribution in [3.63, 3.8) is 0 Å². The molecule has 8 heteroatoms. The van der Waals surface area contributed by atoms with Gasteiger partial charge in [0, 0.05) is 0 Å². The molecular weight excluding hydrogens is 267 g/mol. The minimum Gasteiger partial charge on any atom is -0.439 e. The van der Waals surface area contributed by atoms with Crippen LogP contribution in [0.4, 0.5) is 15.9 Å². The van der Waals surface area contributed by atoms with Crippen LogP contribution in [0.25, 0.3) is 0 Å². The summed E-state index contributed by atoms with van der Waals surface area (Å²) in [4.78, 5) is 14.1. The van der Waals surface area contributed by atoms with E-state index in [0.29, 0.717) is 11.3 Å². The highest BCUT2D eigenvalue weighted by Gasteiger charge is 2.12. The smallest absolute Gasteiger partial charge is 0.278 e. The summed E-state index contributed by atoms with van der Waals surface area (Å²) in [5, 5.41) is 10.8. The highest BCUT2D eigenvalue weighted by molar-refractivity contribution is 5.48. The number of anilines is 1. The maximum Gasteiger partial charge on any atom is 0.278 e. The Morgan fingerprint density at radius 1 is 1.40 bits per heavy atom. The quantitative estimate of drug-likeness (QED) is 0.506. The van der Waals surface area contributed by atoms with E-state index in [0.717, 1.165) is 6.07 Å². The number of rotatable bonds is 4. The van der Waals surface area contributed by atoms with Crippen LogP contribution in [-0.4, -0.2) is 9.91 Å². The summed E-state index contributed by atoms with van der Waals surface area (Å²) < 4.78 is 18.5. The average molecular weight is 278 g/mol. The van der Waals surface area contributed by atoms with Crippen molar-refractivity contribution in [2.45, 2.75) is 6.92 Å². The monoisotopic (exact) mass is 278 g/mol. The lowest BCUT2D eigenvalue weighted by Gasteiger charge is -2.07. The molecule has 1 aromatic heterocycles. The molecule has 3 N–H and O–H groups in total. The molecule has 1 heterocycles. The number of nitro groups is 1. The van der Waals surface area contributed by atoms with Gasteiger partial charge in [0.1, 0.15) is 11.6 Å². The number of hydrogen-bond acceptors (Lipinski definition) is 6. The van der Waals surface area contributed by atoms with E-state index >= 15 is 0 Å². The summed E-state index contributed by atoms with van der Waals surface area (Å²) in [7, 11) is 0. The highest BCUT2D eigenvalue weighted by Crippen LogP contribution is 2.27. The molecule has 0 atom stereocenters. The van der Waals surface area contributed by atoms with Crippen LogP contribution in [0.1, 0.15) is 5.56 Å². The molecule has 7 nitrogen and oxygen atoms in total. The molecule has 0 radical (unpaired) electrons. The van der Waals surface area contributed by atoms with Gasteiger partial charge in [-0.15, -0.1) is 0 Å². The minimum atomic E-state index is -0.592. The fraction of sp³-hybridized carbons (Fsp3) is 0.0833. The Bertz CT molecular complexity index is 663. The number of hydrogen-bond donors (Lipinski definition) is 2. The van der Waals surface area contributed by atoms with Crippen molar-refractivity contribution >= 4 is 11.5 Å². The van der Waals surface area contributed by atoms with Gasteiger partial charge in [0.25, 0.3) is 5.69 Å². The molecular formula is C12H11FN4O3. The van der Waals surface area contributed by atoms with E-state index in [4.69, 9.17) is 10.6 Å². The summed E-state index contributed by atoms with van der Waals surface area (Å²) in [6.45, 7) is 1.58. The normalized spacial score (nSPS) is 10.2. The van der Waals surface area contributed by atoms with Crippen molar-refractivity contribution in [1.82, 2.24) is 4.98 Å². The van der Waals surface area contributed by atoms with Gasteiger partial charge in [0.05, 0.1) is 17.1 Å². The lowest BCUT2D eigenvalue weighted by Crippen LogP contribution is -2.09. The molecule has 0 spiro atoms. The second kappa shape index (κ2) is 5.49. The van der Waals surface area contributed by atoms with Crippen molar-refractivity contribution in [1.29, 1.82) is 0 Å². The first-order chi connectivity index (χ1) is 9.49. The van der Waals surface area contributed by atoms with Gasteiger partial charge < -0.3 is 10.2 Å². The molecule has 0 saturated heterocycles. The zero-order valence-corrected chi connectivity index (χ0v) is 10.5. The zero-order chi connectivity index (χ0) is 14.7. The number of nitrogens with zero attached hydrogens (tertiary/aromatic N) is 2. The van der Waals surface area contributed by atoms with Crippen molar-refractivity contribution in [3.05, 3.63) is 51.8 Å². The Morgan fingerprint density at radius 3 is 2.75 bits per heavy atom. The van der Waals surface area contributed by atoms with E-state index in [2.05, 4.69) is 10.4 Å². The summed E-state index contributed by atoms with van der Waals surface area (Å²) in [6, 6.07) is 6.43. The minimum absolute atomic E-state index is 0.0156. The molecule has 20 heavy (non-hydrogen) atoms. The topological polar surface area (TPSA) is 103 Å².